The SMILES string of the molecule is CCN(CC)c1c(-c2ccc(O)cc2)c(=O)c1=O. The first-order valence-electron chi connectivity index (χ1n) is 5.97. The van der Waals surface area contributed by atoms with Crippen LogP contribution in [0.25, 0.3) is 11.1 Å². The van der Waals surface area contributed by atoms with E-state index in [0.29, 0.717) is 29.9 Å². The summed E-state index contributed by atoms with van der Waals surface area (Å²) in [4.78, 5) is 25.3. The van der Waals surface area contributed by atoms with E-state index in [-0.39, 0.29) is 5.75 Å². The van der Waals surface area contributed by atoms with Crippen molar-refractivity contribution in [2.75, 3.05) is 18.0 Å². The van der Waals surface area contributed by atoms with E-state index in [1.165, 1.54) is 12.1 Å². The lowest BCUT2D eigenvalue weighted by molar-refractivity contribution is 0.475. The molecule has 0 amide bonds. The van der Waals surface area contributed by atoms with Crippen LogP contribution in [-0.4, -0.2) is 18.2 Å². The second-order valence-corrected chi connectivity index (χ2v) is 4.10. The van der Waals surface area contributed by atoms with Gasteiger partial charge in [-0.2, -0.15) is 0 Å². The molecule has 1 N–H and O–H groups in total. The number of rotatable bonds is 4. The molecule has 0 fully saturated rings. The predicted molar refractivity (Wildman–Crippen MR) is 72.0 cm³/mol. The van der Waals surface area contributed by atoms with Crippen LogP contribution in [0.1, 0.15) is 13.8 Å². The van der Waals surface area contributed by atoms with Crippen LogP contribution in [0.5, 0.6) is 5.75 Å². The number of nitrogens with zero attached hydrogens (tertiary/aromatic N) is 1. The van der Waals surface area contributed by atoms with Crippen LogP contribution in [0.3, 0.4) is 0 Å². The highest BCUT2D eigenvalue weighted by Gasteiger charge is 2.25. The van der Waals surface area contributed by atoms with Gasteiger partial charge < -0.3 is 10.0 Å². The van der Waals surface area contributed by atoms with Gasteiger partial charge in [-0.25, -0.2) is 0 Å². The van der Waals surface area contributed by atoms with Crippen LogP contribution < -0.4 is 15.8 Å². The summed E-state index contributed by atoms with van der Waals surface area (Å²) in [6.07, 6.45) is 0. The van der Waals surface area contributed by atoms with Gasteiger partial charge in [0.05, 0.1) is 5.56 Å². The van der Waals surface area contributed by atoms with Crippen molar-refractivity contribution < 1.29 is 5.11 Å². The van der Waals surface area contributed by atoms with Crippen molar-refractivity contribution in [1.29, 1.82) is 0 Å². The Balaban J connectivity index is 2.52. The molecular formula is C14H15NO3. The smallest absolute Gasteiger partial charge is 0.250 e. The molecule has 4 nitrogen and oxygen atoms in total. The van der Waals surface area contributed by atoms with Gasteiger partial charge in [0.2, 0.25) is 10.9 Å². The summed E-state index contributed by atoms with van der Waals surface area (Å²) in [5, 5.41) is 9.24. The van der Waals surface area contributed by atoms with Crippen molar-refractivity contribution >= 4 is 5.69 Å². The lowest BCUT2D eigenvalue weighted by atomic mass is 9.97. The Morgan fingerprint density at radius 3 is 2.06 bits per heavy atom. The number of anilines is 1. The zero-order valence-corrected chi connectivity index (χ0v) is 10.4. The van der Waals surface area contributed by atoms with Crippen molar-refractivity contribution in [2.24, 2.45) is 0 Å². The van der Waals surface area contributed by atoms with Crippen molar-refractivity contribution in [3.63, 3.8) is 0 Å². The quantitative estimate of drug-likeness (QED) is 0.829. The summed E-state index contributed by atoms with van der Waals surface area (Å²) in [7, 11) is 0. The number of phenols is 1. The molecule has 0 heterocycles. The highest BCUT2D eigenvalue weighted by molar-refractivity contribution is 5.82. The highest BCUT2D eigenvalue weighted by Crippen LogP contribution is 2.27. The average molecular weight is 245 g/mol. The van der Waals surface area contributed by atoms with Gasteiger partial charge >= 0.3 is 0 Å². The van der Waals surface area contributed by atoms with E-state index >= 15 is 0 Å². The second kappa shape index (κ2) is 4.64. The predicted octanol–water partition coefficient (Wildman–Crippen LogP) is 1.50. The standard InChI is InChI=1S/C14H15NO3/c1-3-15(4-2)12-11(13(17)14(12)18)9-5-7-10(16)8-6-9/h5-8,16H,3-4H2,1-2H3. The Kier molecular flexibility index (Phi) is 3.19. The fourth-order valence-corrected chi connectivity index (χ4v) is 2.12. The minimum atomic E-state index is -0.442. The summed E-state index contributed by atoms with van der Waals surface area (Å²) in [5.41, 5.74) is 0.781. The first kappa shape index (κ1) is 12.4. The van der Waals surface area contributed by atoms with Crippen molar-refractivity contribution in [1.82, 2.24) is 0 Å². The van der Waals surface area contributed by atoms with Gasteiger partial charge in [-0.15, -0.1) is 0 Å². The van der Waals surface area contributed by atoms with E-state index in [4.69, 9.17) is 0 Å². The average Bonchev–Trinajstić information content (AvgIpc) is 2.40. The molecule has 0 saturated carbocycles. The van der Waals surface area contributed by atoms with Crippen molar-refractivity contribution in [3.05, 3.63) is 44.7 Å². The van der Waals surface area contributed by atoms with Crippen LogP contribution in [-0.2, 0) is 0 Å². The zero-order valence-electron chi connectivity index (χ0n) is 10.4. The number of hydrogen-bond acceptors (Lipinski definition) is 4. The Labute approximate surface area is 105 Å². The maximum Gasteiger partial charge on any atom is 0.250 e. The highest BCUT2D eigenvalue weighted by atomic mass is 16.3. The summed E-state index contributed by atoms with van der Waals surface area (Å²) < 4.78 is 0. The Bertz CT molecular complexity index is 617. The summed E-state index contributed by atoms with van der Waals surface area (Å²) in [5.74, 6) is 0.141. The second-order valence-electron chi connectivity index (χ2n) is 4.10. The third-order valence-corrected chi connectivity index (χ3v) is 3.12. The fourth-order valence-electron chi connectivity index (χ4n) is 2.12. The molecule has 0 aliphatic heterocycles. The van der Waals surface area contributed by atoms with Gasteiger partial charge in [0, 0.05) is 13.1 Å². The first-order valence-corrected chi connectivity index (χ1v) is 5.97. The van der Waals surface area contributed by atoms with Gasteiger partial charge in [0.15, 0.2) is 0 Å². The van der Waals surface area contributed by atoms with Gasteiger partial charge in [-0.05, 0) is 31.5 Å². The maximum absolute atomic E-state index is 11.7. The van der Waals surface area contributed by atoms with Crippen LogP contribution >= 0.6 is 0 Å². The molecule has 0 bridgehead atoms. The Hall–Kier alpha value is -2.10. The molecule has 0 aliphatic rings. The van der Waals surface area contributed by atoms with Crippen LogP contribution in [0.4, 0.5) is 5.69 Å². The normalized spacial score (nSPS) is 10.8. The molecule has 94 valence electrons. The monoisotopic (exact) mass is 245 g/mol. The number of benzene rings is 1. The van der Waals surface area contributed by atoms with Gasteiger partial charge in [-0.1, -0.05) is 12.1 Å². The summed E-state index contributed by atoms with van der Waals surface area (Å²) >= 11 is 0. The molecule has 0 radical (unpaired) electrons. The number of aromatic hydroxyl groups is 1. The van der Waals surface area contributed by atoms with E-state index in [1.54, 1.807) is 12.1 Å². The molecule has 0 unspecified atom stereocenters. The van der Waals surface area contributed by atoms with Crippen LogP contribution in [0.15, 0.2) is 33.9 Å². The Morgan fingerprint density at radius 1 is 1.00 bits per heavy atom. The Morgan fingerprint density at radius 2 is 1.56 bits per heavy atom. The van der Waals surface area contributed by atoms with Gasteiger partial charge in [0.25, 0.3) is 0 Å². The molecule has 4 heteroatoms. The van der Waals surface area contributed by atoms with Crippen LogP contribution in [0, 0.1) is 0 Å². The van der Waals surface area contributed by atoms with Crippen LogP contribution in [0.2, 0.25) is 0 Å². The fraction of sp³-hybridized carbons (Fsp3) is 0.286. The van der Waals surface area contributed by atoms with E-state index in [0.717, 1.165) is 0 Å². The minimum Gasteiger partial charge on any atom is -0.508 e. The molecule has 18 heavy (non-hydrogen) atoms. The third kappa shape index (κ3) is 1.79. The topological polar surface area (TPSA) is 57.6 Å². The summed E-state index contributed by atoms with van der Waals surface area (Å²) in [6.45, 7) is 5.26. The summed E-state index contributed by atoms with van der Waals surface area (Å²) in [6, 6.07) is 6.33. The first-order chi connectivity index (χ1) is 8.60. The molecule has 2 aromatic rings. The van der Waals surface area contributed by atoms with Gasteiger partial charge in [0.1, 0.15) is 11.4 Å². The van der Waals surface area contributed by atoms with E-state index in [2.05, 4.69) is 0 Å². The number of hydrogen-bond donors (Lipinski definition) is 1. The lowest BCUT2D eigenvalue weighted by Crippen LogP contribution is -2.42. The molecule has 0 aliphatic carbocycles. The molecular weight excluding hydrogens is 230 g/mol. The zero-order chi connectivity index (χ0) is 13.3. The van der Waals surface area contributed by atoms with E-state index < -0.39 is 10.9 Å². The number of phenolic OH excluding ortho intramolecular Hbond substituents is 1. The molecule has 0 saturated heterocycles. The van der Waals surface area contributed by atoms with Gasteiger partial charge in [-0.3, -0.25) is 9.59 Å². The maximum atomic E-state index is 11.7. The van der Waals surface area contributed by atoms with E-state index in [1.807, 2.05) is 18.7 Å². The molecule has 2 aromatic carbocycles. The van der Waals surface area contributed by atoms with Crippen molar-refractivity contribution in [3.8, 4) is 16.9 Å². The molecule has 0 aromatic heterocycles. The third-order valence-electron chi connectivity index (χ3n) is 3.12. The molecule has 0 spiro atoms. The minimum absolute atomic E-state index is 0.141. The van der Waals surface area contributed by atoms with E-state index in [9.17, 15) is 14.7 Å². The molecule has 0 atom stereocenters. The largest absolute Gasteiger partial charge is 0.508 e. The van der Waals surface area contributed by atoms with Crippen molar-refractivity contribution in [2.45, 2.75) is 13.8 Å². The molecule has 2 rings (SSSR count). The lowest BCUT2D eigenvalue weighted by Gasteiger charge is -2.24.